The van der Waals surface area contributed by atoms with Crippen LogP contribution in [-0.2, 0) is 40.0 Å². The van der Waals surface area contributed by atoms with Crippen LogP contribution < -0.4 is 5.73 Å². The number of ether oxygens (including phenoxy) is 3. The predicted octanol–water partition coefficient (Wildman–Crippen LogP) is 7.62. The lowest BCUT2D eigenvalue weighted by Gasteiger charge is -2.24. The van der Waals surface area contributed by atoms with Crippen LogP contribution in [0.25, 0.3) is 5.52 Å². The Morgan fingerprint density at radius 2 is 1.53 bits per heavy atom. The summed E-state index contributed by atoms with van der Waals surface area (Å²) in [5.74, 6) is 0. The molecule has 0 aliphatic carbocycles. The summed E-state index contributed by atoms with van der Waals surface area (Å²) in [6, 6.07) is 15.7. The van der Waals surface area contributed by atoms with Gasteiger partial charge in [0.05, 0.1) is 55.0 Å². The second-order valence-corrected chi connectivity index (χ2v) is 16.3. The van der Waals surface area contributed by atoms with Gasteiger partial charge < -0.3 is 35.1 Å². The van der Waals surface area contributed by atoms with E-state index < -0.39 is 44.4 Å². The number of nitriles is 2. The van der Waals surface area contributed by atoms with Crippen molar-refractivity contribution in [3.8, 4) is 12.1 Å². The van der Waals surface area contributed by atoms with Gasteiger partial charge in [-0.15, -0.1) is 0 Å². The van der Waals surface area contributed by atoms with Crippen LogP contribution >= 0.6 is 7.82 Å². The molecule has 14 nitrogen and oxygen atoms in total. The first kappa shape index (κ1) is 46.3. The Morgan fingerprint density at radius 1 is 0.895 bits per heavy atom. The standard InChI is InChI=1S/C42H62N5O9P/c1-2-3-4-5-6-7-8-9-10-11-12-13-14-15-16-19-26-52-29-35(53-28-34-21-18-17-20-33(34)27-43)30-54-57(50,51)55-31-38-40(48)41(49)42(32-44,56-38)39-23-22-37-36(45)24-25-46-47(37)39/h17-18,20-25,35,38,40-41,48-49H,2-16,19,26,28-31,45H2,1H3,(H,50,51)/t35-,38-,40-,41-,42+/m1/s1. The first-order valence-electron chi connectivity index (χ1n) is 20.6. The molecule has 314 valence electrons. The van der Waals surface area contributed by atoms with Gasteiger partial charge >= 0.3 is 7.82 Å². The molecule has 1 fully saturated rings. The molecule has 15 heteroatoms. The fourth-order valence-electron chi connectivity index (χ4n) is 7.09. The van der Waals surface area contributed by atoms with Crippen molar-refractivity contribution in [2.75, 3.05) is 32.2 Å². The van der Waals surface area contributed by atoms with Crippen molar-refractivity contribution in [2.45, 2.75) is 146 Å². The number of benzene rings is 1. The van der Waals surface area contributed by atoms with Crippen molar-refractivity contribution in [1.82, 2.24) is 9.61 Å². The minimum atomic E-state index is -4.77. The minimum Gasteiger partial charge on any atom is -0.397 e. The van der Waals surface area contributed by atoms with Gasteiger partial charge in [0, 0.05) is 12.8 Å². The predicted molar refractivity (Wildman–Crippen MR) is 216 cm³/mol. The quantitative estimate of drug-likeness (QED) is 0.0393. The summed E-state index contributed by atoms with van der Waals surface area (Å²) in [5, 5.41) is 45.7. The van der Waals surface area contributed by atoms with E-state index in [0.717, 1.165) is 19.3 Å². The number of phosphoric acid groups is 1. The van der Waals surface area contributed by atoms with Gasteiger partial charge in [0.25, 0.3) is 0 Å². The van der Waals surface area contributed by atoms with Crippen LogP contribution in [0.4, 0.5) is 5.69 Å². The van der Waals surface area contributed by atoms with E-state index in [1.165, 1.54) is 100 Å². The number of nitrogen functional groups attached to an aromatic ring is 1. The molecule has 6 atom stereocenters. The van der Waals surface area contributed by atoms with E-state index in [4.69, 9.17) is 29.0 Å². The zero-order chi connectivity index (χ0) is 40.9. The second kappa shape index (κ2) is 24.5. The van der Waals surface area contributed by atoms with E-state index in [1.54, 1.807) is 36.4 Å². The molecule has 1 unspecified atom stereocenters. The Hall–Kier alpha value is -3.40. The lowest BCUT2D eigenvalue weighted by molar-refractivity contribution is -0.0690. The average Bonchev–Trinajstić information content (AvgIpc) is 3.76. The third-order valence-electron chi connectivity index (χ3n) is 10.5. The minimum absolute atomic E-state index is 0.0436. The first-order valence-corrected chi connectivity index (χ1v) is 22.1. The number of aliphatic hydroxyl groups excluding tert-OH is 2. The molecule has 4 rings (SSSR count). The first-order chi connectivity index (χ1) is 27.7. The molecule has 1 aliphatic heterocycles. The van der Waals surface area contributed by atoms with E-state index in [1.807, 2.05) is 6.07 Å². The molecule has 0 amide bonds. The van der Waals surface area contributed by atoms with Crippen LogP contribution in [0.2, 0.25) is 0 Å². The smallest absolute Gasteiger partial charge is 0.397 e. The van der Waals surface area contributed by atoms with E-state index in [-0.39, 0.29) is 25.5 Å². The number of hydrogen-bond donors (Lipinski definition) is 4. The monoisotopic (exact) mass is 811 g/mol. The highest BCUT2D eigenvalue weighted by molar-refractivity contribution is 7.47. The molecular weight excluding hydrogens is 749 g/mol. The maximum Gasteiger partial charge on any atom is 0.472 e. The summed E-state index contributed by atoms with van der Waals surface area (Å²) in [4.78, 5) is 10.6. The Bertz CT molecular complexity index is 1760. The van der Waals surface area contributed by atoms with Gasteiger partial charge in [-0.1, -0.05) is 121 Å². The van der Waals surface area contributed by atoms with Crippen LogP contribution in [0.15, 0.2) is 48.7 Å². The Kier molecular flexibility index (Phi) is 19.9. The Labute approximate surface area is 337 Å². The molecule has 2 aromatic heterocycles. The van der Waals surface area contributed by atoms with E-state index in [0.29, 0.717) is 28.9 Å². The van der Waals surface area contributed by atoms with E-state index in [2.05, 4.69) is 18.1 Å². The maximum absolute atomic E-state index is 13.0. The summed E-state index contributed by atoms with van der Waals surface area (Å²) in [5.41, 5.74) is 5.98. The van der Waals surface area contributed by atoms with Gasteiger partial charge in [-0.3, -0.25) is 9.05 Å². The highest BCUT2D eigenvalue weighted by Crippen LogP contribution is 2.46. The topological polar surface area (TPSA) is 215 Å². The molecular formula is C42H62N5O9P. The van der Waals surface area contributed by atoms with Crippen LogP contribution in [-0.4, -0.2) is 75.6 Å². The third kappa shape index (κ3) is 14.1. The lowest BCUT2D eigenvalue weighted by Crippen LogP contribution is -2.41. The Morgan fingerprint density at radius 3 is 2.16 bits per heavy atom. The third-order valence-corrected chi connectivity index (χ3v) is 11.4. The highest BCUT2D eigenvalue weighted by atomic mass is 31.2. The van der Waals surface area contributed by atoms with Gasteiger partial charge in [0.1, 0.15) is 30.5 Å². The van der Waals surface area contributed by atoms with Crippen LogP contribution in [0.5, 0.6) is 0 Å². The molecule has 0 bridgehead atoms. The number of unbranched alkanes of at least 4 members (excludes halogenated alkanes) is 15. The van der Waals surface area contributed by atoms with E-state index >= 15 is 0 Å². The van der Waals surface area contributed by atoms with Crippen LogP contribution in [0.3, 0.4) is 0 Å². The lowest BCUT2D eigenvalue weighted by atomic mass is 9.92. The van der Waals surface area contributed by atoms with Gasteiger partial charge in [-0.05, 0) is 36.2 Å². The van der Waals surface area contributed by atoms with E-state index in [9.17, 15) is 30.2 Å². The average molecular weight is 812 g/mol. The molecule has 3 aromatic rings. The summed E-state index contributed by atoms with van der Waals surface area (Å²) < 4.78 is 42.6. The molecule has 0 saturated carbocycles. The summed E-state index contributed by atoms with van der Waals surface area (Å²) >= 11 is 0. The van der Waals surface area contributed by atoms with Crippen LogP contribution in [0, 0.1) is 22.7 Å². The molecule has 1 saturated heterocycles. The van der Waals surface area contributed by atoms with Crippen molar-refractivity contribution in [3.05, 3.63) is 65.5 Å². The summed E-state index contributed by atoms with van der Waals surface area (Å²) in [6.45, 7) is 1.78. The van der Waals surface area contributed by atoms with Crippen molar-refractivity contribution in [1.29, 1.82) is 10.5 Å². The van der Waals surface area contributed by atoms with Crippen LogP contribution in [0.1, 0.15) is 126 Å². The number of rotatable bonds is 29. The van der Waals surface area contributed by atoms with Gasteiger partial charge in [-0.25, -0.2) is 9.08 Å². The van der Waals surface area contributed by atoms with Crippen molar-refractivity contribution in [3.63, 3.8) is 0 Å². The maximum atomic E-state index is 13.0. The molecule has 0 radical (unpaired) electrons. The number of hydrogen-bond acceptors (Lipinski definition) is 12. The van der Waals surface area contributed by atoms with Crippen molar-refractivity contribution < 1.29 is 42.9 Å². The normalized spacial score (nSPS) is 21.0. The summed E-state index contributed by atoms with van der Waals surface area (Å²) in [6.07, 6.45) is 16.2. The SMILES string of the molecule is CCCCCCCCCCCCCCCCCCOC[C@H](COP(=O)(O)OC[C@H]1O[C@@](C#N)(c2ccc3c(N)ccnn23)[C@H](O)[C@@H]1O)OCc1ccccc1C#N. The zero-order valence-corrected chi connectivity index (χ0v) is 34.3. The number of phosphoric ester groups is 1. The van der Waals surface area contributed by atoms with Gasteiger partial charge in [0.2, 0.25) is 5.60 Å². The largest absolute Gasteiger partial charge is 0.472 e. The molecule has 57 heavy (non-hydrogen) atoms. The zero-order valence-electron chi connectivity index (χ0n) is 33.4. The molecule has 0 spiro atoms. The Balaban J connectivity index is 1.19. The fraction of sp³-hybridized carbons (Fsp3) is 0.643. The number of aliphatic hydroxyl groups is 2. The number of anilines is 1. The fourth-order valence-corrected chi connectivity index (χ4v) is 7.86. The number of nitrogens with zero attached hydrogens (tertiary/aromatic N) is 4. The van der Waals surface area contributed by atoms with Crippen molar-refractivity contribution >= 4 is 19.0 Å². The van der Waals surface area contributed by atoms with Crippen molar-refractivity contribution in [2.24, 2.45) is 0 Å². The molecule has 1 aromatic carbocycles. The number of nitrogens with two attached hydrogens (primary N) is 1. The molecule has 1 aliphatic rings. The summed E-state index contributed by atoms with van der Waals surface area (Å²) in [7, 11) is -4.77. The number of fused-ring (bicyclic) bond motifs is 1. The van der Waals surface area contributed by atoms with Gasteiger partial charge in [0.15, 0.2) is 0 Å². The molecule has 5 N–H and O–H groups in total. The second-order valence-electron chi connectivity index (χ2n) is 14.9. The molecule has 3 heterocycles. The highest BCUT2D eigenvalue weighted by Gasteiger charge is 2.58. The van der Waals surface area contributed by atoms with Gasteiger partial charge in [-0.2, -0.15) is 15.6 Å². The number of aromatic nitrogens is 2.